The van der Waals surface area contributed by atoms with Crippen LogP contribution >= 0.6 is 0 Å². The predicted molar refractivity (Wildman–Crippen MR) is 123 cm³/mol. The highest BCUT2D eigenvalue weighted by Crippen LogP contribution is 2.22. The fourth-order valence-electron chi connectivity index (χ4n) is 3.50. The first-order chi connectivity index (χ1) is 15.0. The van der Waals surface area contributed by atoms with Crippen molar-refractivity contribution in [3.63, 3.8) is 0 Å². The molecular formula is C22H26N8O. The Morgan fingerprint density at radius 3 is 2.71 bits per heavy atom. The first-order valence-corrected chi connectivity index (χ1v) is 10.1. The maximum atomic E-state index is 12.8. The van der Waals surface area contributed by atoms with Crippen LogP contribution in [0.25, 0.3) is 16.5 Å². The molecule has 3 heterocycles. The lowest BCUT2D eigenvalue weighted by Gasteiger charge is -2.28. The van der Waals surface area contributed by atoms with Crippen molar-refractivity contribution < 1.29 is 4.79 Å². The smallest absolute Gasteiger partial charge is 0.257 e. The maximum absolute atomic E-state index is 12.8. The molecule has 0 unspecified atom stereocenters. The Balaban J connectivity index is 1.54. The SMILES string of the molecule is CN(N)/C=C(\N)c1ccc2cnc(NC(=O)c3ccnc(N4CCNCC4)c3)cc2c1. The monoisotopic (exact) mass is 418 g/mol. The lowest BCUT2D eigenvalue weighted by molar-refractivity contribution is 0.102. The maximum Gasteiger partial charge on any atom is 0.257 e. The highest BCUT2D eigenvalue weighted by Gasteiger charge is 2.14. The van der Waals surface area contributed by atoms with E-state index in [1.807, 2.05) is 30.3 Å². The van der Waals surface area contributed by atoms with Crippen LogP contribution in [0.2, 0.25) is 0 Å². The van der Waals surface area contributed by atoms with E-state index in [1.54, 1.807) is 31.7 Å². The summed E-state index contributed by atoms with van der Waals surface area (Å²) >= 11 is 0. The minimum Gasteiger partial charge on any atom is -0.397 e. The van der Waals surface area contributed by atoms with Gasteiger partial charge >= 0.3 is 0 Å². The molecule has 0 saturated carbocycles. The molecule has 1 saturated heterocycles. The zero-order valence-electron chi connectivity index (χ0n) is 17.4. The third-order valence-electron chi connectivity index (χ3n) is 5.09. The van der Waals surface area contributed by atoms with Gasteiger partial charge in [-0.3, -0.25) is 4.79 Å². The van der Waals surface area contributed by atoms with Crippen molar-refractivity contribution in [1.82, 2.24) is 20.3 Å². The molecule has 0 radical (unpaired) electrons. The summed E-state index contributed by atoms with van der Waals surface area (Å²) in [6.45, 7) is 3.54. The second kappa shape index (κ2) is 8.99. The van der Waals surface area contributed by atoms with Crippen molar-refractivity contribution in [1.29, 1.82) is 0 Å². The van der Waals surface area contributed by atoms with Gasteiger partial charge in [-0.05, 0) is 35.2 Å². The molecule has 4 rings (SSSR count). The van der Waals surface area contributed by atoms with Gasteiger partial charge in [-0.25, -0.2) is 15.8 Å². The number of fused-ring (bicyclic) bond motifs is 1. The van der Waals surface area contributed by atoms with Crippen molar-refractivity contribution in [2.45, 2.75) is 0 Å². The van der Waals surface area contributed by atoms with Gasteiger partial charge in [0.05, 0.1) is 5.70 Å². The van der Waals surface area contributed by atoms with Gasteiger partial charge in [0.1, 0.15) is 11.6 Å². The average Bonchev–Trinajstić information content (AvgIpc) is 2.79. The number of hydrogen-bond acceptors (Lipinski definition) is 8. The molecule has 2 aromatic heterocycles. The quantitative estimate of drug-likeness (QED) is 0.361. The van der Waals surface area contributed by atoms with E-state index in [0.717, 1.165) is 48.3 Å². The predicted octanol–water partition coefficient (Wildman–Crippen LogP) is 1.35. The van der Waals surface area contributed by atoms with Crippen LogP contribution < -0.4 is 27.1 Å². The number of nitrogens with one attached hydrogen (secondary N) is 2. The standard InChI is InChI=1S/C22H26N8O/c1-29(24)14-19(23)15-2-3-17-13-27-20(11-18(17)10-15)28-22(31)16-4-5-26-21(12-16)30-8-6-25-7-9-30/h2-5,10-14,25H,6-9,23-24H2,1H3,(H,27,28,31)/b19-14-. The Morgan fingerprint density at radius 2 is 1.94 bits per heavy atom. The summed E-state index contributed by atoms with van der Waals surface area (Å²) in [6.07, 6.45) is 5.03. The Kier molecular flexibility index (Phi) is 5.96. The summed E-state index contributed by atoms with van der Waals surface area (Å²) in [5, 5.41) is 9.45. The van der Waals surface area contributed by atoms with Gasteiger partial charge < -0.3 is 26.3 Å². The van der Waals surface area contributed by atoms with Crippen molar-refractivity contribution in [3.05, 3.63) is 66.1 Å². The molecule has 31 heavy (non-hydrogen) atoms. The topological polar surface area (TPSA) is 125 Å². The number of carbonyl (C=O) groups is 1. The molecule has 3 aromatic rings. The highest BCUT2D eigenvalue weighted by molar-refractivity contribution is 6.05. The van der Waals surface area contributed by atoms with Crippen LogP contribution in [0.15, 0.2) is 55.0 Å². The number of aromatic nitrogens is 2. The van der Waals surface area contributed by atoms with Gasteiger partial charge in [0, 0.05) is 62.8 Å². The molecule has 0 atom stereocenters. The fraction of sp³-hybridized carbons (Fsp3) is 0.227. The van der Waals surface area contributed by atoms with E-state index in [4.69, 9.17) is 11.6 Å². The van der Waals surface area contributed by atoms with Gasteiger partial charge in [0.25, 0.3) is 5.91 Å². The molecule has 9 heteroatoms. The van der Waals surface area contributed by atoms with Gasteiger partial charge in [-0.2, -0.15) is 0 Å². The van der Waals surface area contributed by atoms with Crippen molar-refractivity contribution in [2.24, 2.45) is 11.6 Å². The number of amides is 1. The largest absolute Gasteiger partial charge is 0.397 e. The number of anilines is 2. The van der Waals surface area contributed by atoms with Crippen LogP contribution in [0.3, 0.4) is 0 Å². The van der Waals surface area contributed by atoms with E-state index in [2.05, 4.69) is 25.5 Å². The van der Waals surface area contributed by atoms with Crippen molar-refractivity contribution >= 4 is 34.0 Å². The fourth-order valence-corrected chi connectivity index (χ4v) is 3.50. The summed E-state index contributed by atoms with van der Waals surface area (Å²) in [4.78, 5) is 23.8. The first-order valence-electron chi connectivity index (χ1n) is 10.1. The van der Waals surface area contributed by atoms with Gasteiger partial charge in [-0.1, -0.05) is 12.1 Å². The minimum absolute atomic E-state index is 0.231. The number of nitrogens with two attached hydrogens (primary N) is 2. The molecule has 9 nitrogen and oxygen atoms in total. The molecule has 0 bridgehead atoms. The molecule has 1 aromatic carbocycles. The lowest BCUT2D eigenvalue weighted by Crippen LogP contribution is -2.43. The number of carbonyl (C=O) groups excluding carboxylic acids is 1. The molecule has 160 valence electrons. The van der Waals surface area contributed by atoms with Crippen molar-refractivity contribution in [2.75, 3.05) is 43.4 Å². The zero-order chi connectivity index (χ0) is 21.8. The number of hydrogen-bond donors (Lipinski definition) is 4. The van der Waals surface area contributed by atoms with E-state index < -0.39 is 0 Å². The second-order valence-corrected chi connectivity index (χ2v) is 7.48. The molecule has 0 spiro atoms. The van der Waals surface area contributed by atoms with Gasteiger partial charge in [-0.15, -0.1) is 0 Å². The van der Waals surface area contributed by atoms with Crippen LogP contribution in [0.4, 0.5) is 11.6 Å². The normalized spacial score (nSPS) is 14.5. The molecule has 6 N–H and O–H groups in total. The van der Waals surface area contributed by atoms with Crippen LogP contribution in [-0.4, -0.2) is 54.1 Å². The van der Waals surface area contributed by atoms with E-state index in [0.29, 0.717) is 17.1 Å². The van der Waals surface area contributed by atoms with E-state index in [-0.39, 0.29) is 5.91 Å². The number of hydrazine groups is 1. The highest BCUT2D eigenvalue weighted by atomic mass is 16.1. The third kappa shape index (κ3) is 4.90. The first kappa shape index (κ1) is 20.6. The summed E-state index contributed by atoms with van der Waals surface area (Å²) in [5.74, 6) is 6.68. The van der Waals surface area contributed by atoms with Crippen LogP contribution in [0.1, 0.15) is 15.9 Å². The Morgan fingerprint density at radius 1 is 1.13 bits per heavy atom. The number of rotatable bonds is 5. The van der Waals surface area contributed by atoms with Crippen LogP contribution in [0, 0.1) is 0 Å². The van der Waals surface area contributed by atoms with Crippen molar-refractivity contribution in [3.8, 4) is 0 Å². The van der Waals surface area contributed by atoms with E-state index >= 15 is 0 Å². The Labute approximate surface area is 180 Å². The second-order valence-electron chi connectivity index (χ2n) is 7.48. The molecule has 0 aliphatic carbocycles. The molecule has 1 aliphatic heterocycles. The summed E-state index contributed by atoms with van der Waals surface area (Å²) in [5.41, 5.74) is 8.02. The minimum atomic E-state index is -0.231. The van der Waals surface area contributed by atoms with E-state index in [9.17, 15) is 4.79 Å². The number of benzene rings is 1. The van der Waals surface area contributed by atoms with Gasteiger partial charge in [0.2, 0.25) is 0 Å². The third-order valence-corrected chi connectivity index (χ3v) is 5.09. The number of piperazine rings is 1. The summed E-state index contributed by atoms with van der Waals surface area (Å²) in [7, 11) is 1.71. The lowest BCUT2D eigenvalue weighted by atomic mass is 10.1. The van der Waals surface area contributed by atoms with Crippen LogP contribution in [-0.2, 0) is 0 Å². The Bertz CT molecular complexity index is 1120. The van der Waals surface area contributed by atoms with Crippen LogP contribution in [0.5, 0.6) is 0 Å². The Hall–Kier alpha value is -3.69. The zero-order valence-corrected chi connectivity index (χ0v) is 17.4. The summed E-state index contributed by atoms with van der Waals surface area (Å²) < 4.78 is 0. The molecule has 1 fully saturated rings. The number of nitrogens with zero attached hydrogens (tertiary/aromatic N) is 4. The summed E-state index contributed by atoms with van der Waals surface area (Å²) in [6, 6.07) is 11.1. The number of pyridine rings is 2. The molecular weight excluding hydrogens is 392 g/mol. The van der Waals surface area contributed by atoms with Gasteiger partial charge in [0.15, 0.2) is 0 Å². The average molecular weight is 419 g/mol. The molecule has 1 amide bonds. The molecule has 1 aliphatic rings. The van der Waals surface area contributed by atoms with E-state index in [1.165, 1.54) is 5.01 Å².